The second-order valence-corrected chi connectivity index (χ2v) is 10.8. The van der Waals surface area contributed by atoms with Crippen LogP contribution in [-0.4, -0.2) is 29.0 Å². The normalized spacial score (nSPS) is 21.1. The molecule has 0 bridgehead atoms. The first-order valence-corrected chi connectivity index (χ1v) is 12.4. The molecule has 1 saturated heterocycles. The summed E-state index contributed by atoms with van der Waals surface area (Å²) in [4.78, 5) is 29.6. The van der Waals surface area contributed by atoms with E-state index in [2.05, 4.69) is 53.8 Å². The summed E-state index contributed by atoms with van der Waals surface area (Å²) in [5.74, 6) is -1.49. The van der Waals surface area contributed by atoms with Gasteiger partial charge in [-0.05, 0) is 99.8 Å². The number of amides is 2. The van der Waals surface area contributed by atoms with Crippen LogP contribution in [0.3, 0.4) is 0 Å². The van der Waals surface area contributed by atoms with Gasteiger partial charge in [-0.3, -0.25) is 19.8 Å². The van der Waals surface area contributed by atoms with Gasteiger partial charge in [-0.2, -0.15) is 0 Å². The lowest BCUT2D eigenvalue weighted by molar-refractivity contribution is -0.122. The van der Waals surface area contributed by atoms with Crippen LogP contribution in [0.4, 0.5) is 15.8 Å². The lowest BCUT2D eigenvalue weighted by atomic mass is 9.79. The van der Waals surface area contributed by atoms with Gasteiger partial charge in [0, 0.05) is 27.8 Å². The zero-order valence-corrected chi connectivity index (χ0v) is 22.2. The van der Waals surface area contributed by atoms with Crippen LogP contribution < -0.4 is 15.1 Å². The second kappa shape index (κ2) is 8.89. The van der Waals surface area contributed by atoms with Crippen molar-refractivity contribution in [1.29, 1.82) is 0 Å². The third-order valence-corrected chi connectivity index (χ3v) is 7.40. The quantitative estimate of drug-likeness (QED) is 0.300. The number of hydrogen-bond acceptors (Lipinski definition) is 4. The lowest BCUT2D eigenvalue weighted by Gasteiger charge is -2.47. The third-order valence-electron chi connectivity index (χ3n) is 6.62. The number of halogens is 2. The Morgan fingerprint density at radius 3 is 2.59 bits per heavy atom. The minimum atomic E-state index is -0.637. The molecule has 2 aromatic rings. The fourth-order valence-electron chi connectivity index (χ4n) is 5.13. The number of carbonyl (C=O) groups excluding carboxylic acids is 2. The number of anilines is 2. The number of hydrogen-bond donors (Lipinski definition) is 1. The van der Waals surface area contributed by atoms with E-state index in [0.29, 0.717) is 5.69 Å². The maximum atomic E-state index is 15.3. The number of benzene rings is 2. The van der Waals surface area contributed by atoms with Gasteiger partial charge >= 0.3 is 0 Å². The molecule has 2 heterocycles. The molecule has 8 heteroatoms. The average Bonchev–Trinajstić information content (AvgIpc) is 2.72. The van der Waals surface area contributed by atoms with E-state index in [1.54, 1.807) is 18.2 Å². The summed E-state index contributed by atoms with van der Waals surface area (Å²) in [6, 6.07) is 8.69. The summed E-state index contributed by atoms with van der Waals surface area (Å²) in [5.41, 5.74) is 3.19. The van der Waals surface area contributed by atoms with Crippen LogP contribution in [0.5, 0.6) is 0 Å². The van der Waals surface area contributed by atoms with E-state index in [4.69, 9.17) is 12.2 Å². The minimum absolute atomic E-state index is 0.00192. The smallest absolute Gasteiger partial charge is 0.270 e. The Kier molecular flexibility index (Phi) is 6.42. The average molecular weight is 544 g/mol. The van der Waals surface area contributed by atoms with Crippen LogP contribution in [0.1, 0.15) is 56.7 Å². The SMILES string of the molecule is CCN1c2cc(F)c(/C=C3/C(=O)NC(=S)N(c4ccc(Br)cc4C)C3=O)cc2C(C)CC1(C)C. The molecular formula is C26H27BrFN3O2S. The third kappa shape index (κ3) is 4.18. The molecule has 2 aliphatic heterocycles. The van der Waals surface area contributed by atoms with Crippen LogP contribution in [0.2, 0.25) is 0 Å². The molecule has 5 nitrogen and oxygen atoms in total. The topological polar surface area (TPSA) is 52.7 Å². The van der Waals surface area contributed by atoms with Gasteiger partial charge in [-0.15, -0.1) is 0 Å². The highest BCUT2D eigenvalue weighted by Gasteiger charge is 2.38. The molecule has 0 aromatic heterocycles. The van der Waals surface area contributed by atoms with Crippen molar-refractivity contribution in [2.75, 3.05) is 16.3 Å². The summed E-state index contributed by atoms with van der Waals surface area (Å²) in [6.45, 7) is 11.1. The molecule has 1 atom stereocenters. The lowest BCUT2D eigenvalue weighted by Crippen LogP contribution is -2.54. The highest BCUT2D eigenvalue weighted by atomic mass is 79.9. The van der Waals surface area contributed by atoms with E-state index >= 15 is 4.39 Å². The Balaban J connectivity index is 1.79. The van der Waals surface area contributed by atoms with Crippen LogP contribution in [-0.2, 0) is 9.59 Å². The van der Waals surface area contributed by atoms with E-state index in [1.165, 1.54) is 17.0 Å². The first-order valence-electron chi connectivity index (χ1n) is 11.2. The molecule has 1 fully saturated rings. The van der Waals surface area contributed by atoms with Gasteiger partial charge in [-0.25, -0.2) is 4.39 Å². The van der Waals surface area contributed by atoms with Gasteiger partial charge in [0.05, 0.1) is 5.69 Å². The molecule has 2 aliphatic rings. The fraction of sp³-hybridized carbons (Fsp3) is 0.346. The van der Waals surface area contributed by atoms with Gasteiger partial charge in [-0.1, -0.05) is 22.9 Å². The van der Waals surface area contributed by atoms with Crippen molar-refractivity contribution < 1.29 is 14.0 Å². The van der Waals surface area contributed by atoms with Crippen LogP contribution in [0.25, 0.3) is 6.08 Å². The van der Waals surface area contributed by atoms with Gasteiger partial charge in [0.2, 0.25) is 0 Å². The molecular weight excluding hydrogens is 517 g/mol. The largest absolute Gasteiger partial charge is 0.366 e. The van der Waals surface area contributed by atoms with E-state index in [-0.39, 0.29) is 27.7 Å². The summed E-state index contributed by atoms with van der Waals surface area (Å²) in [7, 11) is 0. The van der Waals surface area contributed by atoms with Gasteiger partial charge in [0.25, 0.3) is 11.8 Å². The molecule has 0 radical (unpaired) electrons. The molecule has 34 heavy (non-hydrogen) atoms. The summed E-state index contributed by atoms with van der Waals surface area (Å²) in [6.07, 6.45) is 2.25. The van der Waals surface area contributed by atoms with Crippen molar-refractivity contribution in [3.05, 3.63) is 62.9 Å². The van der Waals surface area contributed by atoms with Crippen LogP contribution in [0, 0.1) is 12.7 Å². The highest BCUT2D eigenvalue weighted by molar-refractivity contribution is 9.10. The predicted octanol–water partition coefficient (Wildman–Crippen LogP) is 5.84. The summed E-state index contributed by atoms with van der Waals surface area (Å²) >= 11 is 8.71. The van der Waals surface area contributed by atoms with Crippen LogP contribution in [0.15, 0.2) is 40.4 Å². The zero-order valence-electron chi connectivity index (χ0n) is 19.8. The number of nitrogens with one attached hydrogen (secondary N) is 1. The van der Waals surface area contributed by atoms with Crippen LogP contribution >= 0.6 is 28.1 Å². The molecule has 4 rings (SSSR count). The number of rotatable bonds is 3. The van der Waals surface area contributed by atoms with E-state index in [0.717, 1.165) is 34.3 Å². The maximum Gasteiger partial charge on any atom is 0.270 e. The Hall–Kier alpha value is -2.58. The van der Waals surface area contributed by atoms with Gasteiger partial charge < -0.3 is 4.90 Å². The van der Waals surface area contributed by atoms with E-state index in [1.807, 2.05) is 13.0 Å². The fourth-order valence-corrected chi connectivity index (χ4v) is 5.88. The number of aryl methyl sites for hydroxylation is 1. The molecule has 178 valence electrons. The first kappa shape index (κ1) is 24.5. The molecule has 0 saturated carbocycles. The number of carbonyl (C=O) groups is 2. The molecule has 0 aliphatic carbocycles. The van der Waals surface area contributed by atoms with Crippen molar-refractivity contribution in [2.24, 2.45) is 0 Å². The number of nitrogens with zero attached hydrogens (tertiary/aromatic N) is 2. The molecule has 2 aromatic carbocycles. The number of fused-ring (bicyclic) bond motifs is 1. The Morgan fingerprint density at radius 1 is 1.24 bits per heavy atom. The summed E-state index contributed by atoms with van der Waals surface area (Å²) < 4.78 is 16.2. The van der Waals surface area contributed by atoms with Crippen molar-refractivity contribution in [3.63, 3.8) is 0 Å². The summed E-state index contributed by atoms with van der Waals surface area (Å²) in [5, 5.41) is 2.57. The van der Waals surface area contributed by atoms with Crippen molar-refractivity contribution >= 4 is 62.5 Å². The van der Waals surface area contributed by atoms with E-state index in [9.17, 15) is 9.59 Å². The highest BCUT2D eigenvalue weighted by Crippen LogP contribution is 2.44. The Labute approximate surface area is 213 Å². The molecule has 1 N–H and O–H groups in total. The van der Waals surface area contributed by atoms with Crippen molar-refractivity contribution in [3.8, 4) is 0 Å². The second-order valence-electron chi connectivity index (χ2n) is 9.48. The maximum absolute atomic E-state index is 15.3. The first-order chi connectivity index (χ1) is 15.9. The zero-order chi connectivity index (χ0) is 24.9. The van der Waals surface area contributed by atoms with Crippen molar-refractivity contribution in [1.82, 2.24) is 5.32 Å². The van der Waals surface area contributed by atoms with Gasteiger partial charge in [0.1, 0.15) is 11.4 Å². The van der Waals surface area contributed by atoms with Crippen molar-refractivity contribution in [2.45, 2.75) is 52.5 Å². The monoisotopic (exact) mass is 543 g/mol. The Morgan fingerprint density at radius 2 is 1.94 bits per heavy atom. The minimum Gasteiger partial charge on any atom is -0.366 e. The molecule has 0 spiro atoms. The molecule has 1 unspecified atom stereocenters. The van der Waals surface area contributed by atoms with E-state index < -0.39 is 17.6 Å². The standard InChI is InChI=1S/C26H27BrFN3O2S/c1-6-30-22-12-20(28)16(10-18(22)15(3)13-26(30,4)5)11-19-23(32)29-25(34)31(24(19)33)21-8-7-17(27)9-14(21)2/h7-12,15H,6,13H2,1-5H3,(H,29,32,34)/b19-11-. The Bertz CT molecular complexity index is 1260. The van der Waals surface area contributed by atoms with Gasteiger partial charge in [0.15, 0.2) is 5.11 Å². The number of thiocarbonyl (C=S) groups is 1. The predicted molar refractivity (Wildman–Crippen MR) is 142 cm³/mol. The molecule has 2 amide bonds.